The Morgan fingerprint density at radius 3 is 2.48 bits per heavy atom. The van der Waals surface area contributed by atoms with E-state index in [4.69, 9.17) is 0 Å². The van der Waals surface area contributed by atoms with Crippen molar-refractivity contribution in [2.75, 3.05) is 13.1 Å². The molecule has 0 aromatic heterocycles. The molecule has 4 rings (SSSR count). The molecular weight excluding hydrogens is 366 g/mol. The maximum Gasteiger partial charge on any atom is 0.243 e. The number of likely N-dealkylation sites (tertiary alicyclic amines) is 1. The molecule has 2 aromatic carbocycles. The van der Waals surface area contributed by atoms with E-state index in [2.05, 4.69) is 10.5 Å². The lowest BCUT2D eigenvalue weighted by molar-refractivity contribution is -0.139. The number of piperidine rings is 1. The number of benzene rings is 2. The van der Waals surface area contributed by atoms with Gasteiger partial charge in [0.25, 0.3) is 0 Å². The molecule has 2 fully saturated rings. The number of hydrogen-bond donors (Lipinski definition) is 2. The molecule has 152 valence electrons. The van der Waals surface area contributed by atoms with Crippen LogP contribution in [-0.2, 0) is 9.59 Å². The van der Waals surface area contributed by atoms with Gasteiger partial charge in [0.1, 0.15) is 5.75 Å². The molecule has 0 atom stereocenters. The lowest BCUT2D eigenvalue weighted by Gasteiger charge is -2.32. The molecule has 29 heavy (non-hydrogen) atoms. The highest BCUT2D eigenvalue weighted by Gasteiger charge is 2.31. The van der Waals surface area contributed by atoms with E-state index in [0.29, 0.717) is 31.5 Å². The lowest BCUT2D eigenvalue weighted by Crippen LogP contribution is -2.44. The molecule has 2 aromatic rings. The molecule has 2 N–H and O–H groups in total. The predicted octanol–water partition coefficient (Wildman–Crippen LogP) is 3.42. The van der Waals surface area contributed by atoms with Crippen LogP contribution in [0.5, 0.6) is 5.75 Å². The largest absolute Gasteiger partial charge is 0.507 e. The summed E-state index contributed by atoms with van der Waals surface area (Å²) in [4.78, 5) is 26.9. The normalized spacial score (nSPS) is 18.6. The Balaban J connectivity index is 1.33. The van der Waals surface area contributed by atoms with E-state index < -0.39 is 0 Å². The van der Waals surface area contributed by atoms with Crippen molar-refractivity contribution in [3.8, 4) is 5.75 Å². The van der Waals surface area contributed by atoms with Gasteiger partial charge in [-0.05, 0) is 42.5 Å². The van der Waals surface area contributed by atoms with Crippen molar-refractivity contribution < 1.29 is 14.7 Å². The third-order valence-corrected chi connectivity index (χ3v) is 6.20. The van der Waals surface area contributed by atoms with Crippen LogP contribution < -0.4 is 5.43 Å². The van der Waals surface area contributed by atoms with Crippen LogP contribution in [0.15, 0.2) is 41.5 Å². The number of aromatic hydroxyl groups is 1. The zero-order chi connectivity index (χ0) is 20.2. The van der Waals surface area contributed by atoms with E-state index in [9.17, 15) is 14.7 Å². The summed E-state index contributed by atoms with van der Waals surface area (Å²) in [6.07, 6.45) is 7.15. The standard InChI is InChI=1S/C23H27N3O3/c27-21-10-9-16-5-3-4-8-19(16)20(21)15-24-25-22(28)17-11-13-26(14-12-17)23(29)18-6-1-2-7-18/h3-5,8-10,15,17-18,27H,1-2,6-7,11-14H2,(H,25,28). The van der Waals surface area contributed by atoms with Crippen LogP contribution in [0.25, 0.3) is 10.8 Å². The molecule has 2 aliphatic rings. The number of hydrogen-bond acceptors (Lipinski definition) is 4. The first-order valence-corrected chi connectivity index (χ1v) is 10.5. The van der Waals surface area contributed by atoms with Crippen molar-refractivity contribution in [2.24, 2.45) is 16.9 Å². The van der Waals surface area contributed by atoms with Crippen molar-refractivity contribution >= 4 is 28.8 Å². The van der Waals surface area contributed by atoms with Crippen LogP contribution in [0.4, 0.5) is 0 Å². The number of hydrazone groups is 1. The summed E-state index contributed by atoms with van der Waals surface area (Å²) in [5, 5.41) is 16.1. The van der Waals surface area contributed by atoms with Crippen molar-refractivity contribution in [2.45, 2.75) is 38.5 Å². The number of rotatable bonds is 4. The minimum Gasteiger partial charge on any atom is -0.507 e. The van der Waals surface area contributed by atoms with E-state index in [1.165, 1.54) is 6.21 Å². The summed E-state index contributed by atoms with van der Waals surface area (Å²) in [7, 11) is 0. The van der Waals surface area contributed by atoms with Crippen LogP contribution >= 0.6 is 0 Å². The molecule has 2 amide bonds. The Bertz CT molecular complexity index is 926. The summed E-state index contributed by atoms with van der Waals surface area (Å²) in [6, 6.07) is 11.2. The van der Waals surface area contributed by atoms with E-state index in [-0.39, 0.29) is 29.4 Å². The Hall–Kier alpha value is -2.89. The molecular formula is C23H27N3O3. The minimum atomic E-state index is -0.138. The SMILES string of the molecule is O=C(NN=Cc1c(O)ccc2ccccc12)C1CCN(C(=O)C2CCCC2)CC1. The topological polar surface area (TPSA) is 82.0 Å². The maximum atomic E-state index is 12.5. The fraction of sp³-hybridized carbons (Fsp3) is 0.435. The second-order valence-corrected chi connectivity index (χ2v) is 8.03. The van der Waals surface area contributed by atoms with Gasteiger partial charge >= 0.3 is 0 Å². The van der Waals surface area contributed by atoms with Crippen molar-refractivity contribution in [1.82, 2.24) is 10.3 Å². The monoisotopic (exact) mass is 393 g/mol. The highest BCUT2D eigenvalue weighted by atomic mass is 16.3. The van der Waals surface area contributed by atoms with Gasteiger partial charge in [-0.25, -0.2) is 5.43 Å². The first-order valence-electron chi connectivity index (χ1n) is 10.5. The van der Waals surface area contributed by atoms with Gasteiger partial charge in [-0.2, -0.15) is 5.10 Å². The van der Waals surface area contributed by atoms with Crippen LogP contribution in [-0.4, -0.2) is 41.1 Å². The number of carbonyl (C=O) groups excluding carboxylic acids is 2. The fourth-order valence-electron chi connectivity index (χ4n) is 4.46. The molecule has 1 aliphatic heterocycles. The second kappa shape index (κ2) is 8.64. The van der Waals surface area contributed by atoms with E-state index >= 15 is 0 Å². The number of amides is 2. The van der Waals surface area contributed by atoms with Gasteiger partial charge in [-0.3, -0.25) is 9.59 Å². The smallest absolute Gasteiger partial charge is 0.243 e. The average molecular weight is 393 g/mol. The molecule has 0 bridgehead atoms. The molecule has 0 spiro atoms. The number of nitrogens with zero attached hydrogens (tertiary/aromatic N) is 2. The average Bonchev–Trinajstić information content (AvgIpc) is 3.30. The zero-order valence-corrected chi connectivity index (χ0v) is 16.5. The number of phenols is 1. The van der Waals surface area contributed by atoms with E-state index in [1.54, 1.807) is 6.07 Å². The zero-order valence-electron chi connectivity index (χ0n) is 16.5. The maximum absolute atomic E-state index is 12.5. The summed E-state index contributed by atoms with van der Waals surface area (Å²) >= 11 is 0. The highest BCUT2D eigenvalue weighted by Crippen LogP contribution is 2.29. The Morgan fingerprint density at radius 1 is 1.00 bits per heavy atom. The summed E-state index contributed by atoms with van der Waals surface area (Å²) in [6.45, 7) is 1.28. The first kappa shape index (κ1) is 19.4. The molecule has 0 unspecified atom stereocenters. The van der Waals surface area contributed by atoms with Crippen LogP contribution in [0.2, 0.25) is 0 Å². The number of phenolic OH excluding ortho intramolecular Hbond substituents is 1. The molecule has 6 heteroatoms. The summed E-state index contributed by atoms with van der Waals surface area (Å²) in [5.74, 6) is 0.319. The van der Waals surface area contributed by atoms with Gasteiger partial charge in [0.05, 0.1) is 6.21 Å². The molecule has 6 nitrogen and oxygen atoms in total. The third-order valence-electron chi connectivity index (χ3n) is 6.20. The van der Waals surface area contributed by atoms with Crippen molar-refractivity contribution in [3.05, 3.63) is 42.0 Å². The van der Waals surface area contributed by atoms with Gasteiger partial charge in [0.15, 0.2) is 0 Å². The van der Waals surface area contributed by atoms with E-state index in [1.807, 2.05) is 35.2 Å². The van der Waals surface area contributed by atoms with Crippen LogP contribution in [0.1, 0.15) is 44.1 Å². The third kappa shape index (κ3) is 4.26. The Kier molecular flexibility index (Phi) is 5.79. The Labute approximate surface area is 170 Å². The lowest BCUT2D eigenvalue weighted by atomic mass is 9.95. The molecule has 1 aliphatic carbocycles. The van der Waals surface area contributed by atoms with Gasteiger partial charge in [0, 0.05) is 30.5 Å². The number of carbonyl (C=O) groups is 2. The highest BCUT2D eigenvalue weighted by molar-refractivity contribution is 6.02. The van der Waals surface area contributed by atoms with Gasteiger partial charge in [-0.15, -0.1) is 0 Å². The van der Waals surface area contributed by atoms with Gasteiger partial charge < -0.3 is 10.0 Å². The number of fused-ring (bicyclic) bond motifs is 1. The predicted molar refractivity (Wildman–Crippen MR) is 113 cm³/mol. The van der Waals surface area contributed by atoms with Gasteiger partial charge in [-0.1, -0.05) is 43.2 Å². The molecule has 1 saturated heterocycles. The molecule has 0 radical (unpaired) electrons. The summed E-state index contributed by atoms with van der Waals surface area (Å²) < 4.78 is 0. The quantitative estimate of drug-likeness (QED) is 0.617. The summed E-state index contributed by atoms with van der Waals surface area (Å²) in [5.41, 5.74) is 3.19. The fourth-order valence-corrected chi connectivity index (χ4v) is 4.46. The van der Waals surface area contributed by atoms with Crippen LogP contribution in [0.3, 0.4) is 0 Å². The van der Waals surface area contributed by atoms with Crippen molar-refractivity contribution in [1.29, 1.82) is 0 Å². The first-order chi connectivity index (χ1) is 14.1. The molecule has 1 heterocycles. The van der Waals surface area contributed by atoms with E-state index in [0.717, 1.165) is 36.5 Å². The minimum absolute atomic E-state index is 0.125. The van der Waals surface area contributed by atoms with Crippen molar-refractivity contribution in [3.63, 3.8) is 0 Å². The van der Waals surface area contributed by atoms with Crippen LogP contribution in [0, 0.1) is 11.8 Å². The Morgan fingerprint density at radius 2 is 1.72 bits per heavy atom. The second-order valence-electron chi connectivity index (χ2n) is 8.03. The molecule has 1 saturated carbocycles. The number of nitrogens with one attached hydrogen (secondary N) is 1. The van der Waals surface area contributed by atoms with Gasteiger partial charge in [0.2, 0.25) is 11.8 Å².